The SMILES string of the molecule is CCn1ncc(NC2CCOC2C2CC2)c(Br)c1=O. The molecule has 19 heavy (non-hydrogen) atoms. The van der Waals surface area contributed by atoms with Gasteiger partial charge in [0, 0.05) is 13.2 Å². The third-order valence-electron chi connectivity index (χ3n) is 3.85. The predicted molar refractivity (Wildman–Crippen MR) is 76.4 cm³/mol. The summed E-state index contributed by atoms with van der Waals surface area (Å²) in [7, 11) is 0. The molecule has 0 aromatic carbocycles. The molecular weight excluding hydrogens is 310 g/mol. The lowest BCUT2D eigenvalue weighted by atomic mass is 10.1. The molecule has 1 saturated heterocycles. The summed E-state index contributed by atoms with van der Waals surface area (Å²) < 4.78 is 7.80. The van der Waals surface area contributed by atoms with E-state index in [1.807, 2.05) is 6.92 Å². The van der Waals surface area contributed by atoms with Crippen molar-refractivity contribution < 1.29 is 4.74 Å². The zero-order valence-electron chi connectivity index (χ0n) is 10.9. The van der Waals surface area contributed by atoms with Crippen LogP contribution in [0.3, 0.4) is 0 Å². The lowest BCUT2D eigenvalue weighted by molar-refractivity contribution is 0.0898. The maximum Gasteiger partial charge on any atom is 0.283 e. The van der Waals surface area contributed by atoms with Crippen LogP contribution in [0.25, 0.3) is 0 Å². The highest BCUT2D eigenvalue weighted by Crippen LogP contribution is 2.39. The summed E-state index contributed by atoms with van der Waals surface area (Å²) in [5.74, 6) is 0.697. The first-order chi connectivity index (χ1) is 9.20. The summed E-state index contributed by atoms with van der Waals surface area (Å²) in [6.07, 6.45) is 5.53. The number of ether oxygens (including phenoxy) is 1. The van der Waals surface area contributed by atoms with Crippen molar-refractivity contribution in [3.8, 4) is 0 Å². The van der Waals surface area contributed by atoms with E-state index in [1.54, 1.807) is 6.20 Å². The molecule has 1 aromatic heterocycles. The Morgan fingerprint density at radius 2 is 2.32 bits per heavy atom. The molecule has 3 rings (SSSR count). The molecule has 0 radical (unpaired) electrons. The molecule has 2 atom stereocenters. The predicted octanol–water partition coefficient (Wildman–Crippen LogP) is 2.01. The summed E-state index contributed by atoms with van der Waals surface area (Å²) in [6, 6.07) is 0.294. The van der Waals surface area contributed by atoms with Gasteiger partial charge in [0.1, 0.15) is 4.47 Å². The molecule has 2 heterocycles. The third kappa shape index (κ3) is 2.56. The highest BCUT2D eigenvalue weighted by Gasteiger charge is 2.40. The Morgan fingerprint density at radius 1 is 1.53 bits per heavy atom. The Labute approximate surface area is 120 Å². The van der Waals surface area contributed by atoms with E-state index in [4.69, 9.17) is 4.74 Å². The second-order valence-electron chi connectivity index (χ2n) is 5.21. The van der Waals surface area contributed by atoms with Crippen LogP contribution in [-0.2, 0) is 11.3 Å². The van der Waals surface area contributed by atoms with Crippen molar-refractivity contribution >= 4 is 21.6 Å². The van der Waals surface area contributed by atoms with Gasteiger partial charge in [-0.3, -0.25) is 4.79 Å². The molecule has 1 N–H and O–H groups in total. The minimum absolute atomic E-state index is 0.0885. The van der Waals surface area contributed by atoms with Crippen LogP contribution in [0.4, 0.5) is 5.69 Å². The van der Waals surface area contributed by atoms with E-state index in [0.29, 0.717) is 29.1 Å². The van der Waals surface area contributed by atoms with Crippen molar-refractivity contribution in [1.29, 1.82) is 0 Å². The van der Waals surface area contributed by atoms with Crippen LogP contribution in [0.5, 0.6) is 0 Å². The van der Waals surface area contributed by atoms with Crippen LogP contribution in [0.2, 0.25) is 0 Å². The monoisotopic (exact) mass is 327 g/mol. The number of aryl methyl sites for hydroxylation is 1. The van der Waals surface area contributed by atoms with Gasteiger partial charge in [-0.1, -0.05) is 0 Å². The zero-order chi connectivity index (χ0) is 13.4. The Bertz CT molecular complexity index is 527. The summed E-state index contributed by atoms with van der Waals surface area (Å²) in [4.78, 5) is 12.0. The number of nitrogens with one attached hydrogen (secondary N) is 1. The Kier molecular flexibility index (Phi) is 3.62. The lowest BCUT2D eigenvalue weighted by Crippen LogP contribution is -2.32. The van der Waals surface area contributed by atoms with E-state index < -0.39 is 0 Å². The minimum Gasteiger partial charge on any atom is -0.377 e. The topological polar surface area (TPSA) is 56.1 Å². The Hall–Kier alpha value is -0.880. The number of aromatic nitrogens is 2. The number of anilines is 1. The number of nitrogens with zero attached hydrogens (tertiary/aromatic N) is 2. The molecule has 1 aliphatic carbocycles. The van der Waals surface area contributed by atoms with Gasteiger partial charge in [0.25, 0.3) is 5.56 Å². The fourth-order valence-corrected chi connectivity index (χ4v) is 3.07. The number of hydrogen-bond acceptors (Lipinski definition) is 4. The Morgan fingerprint density at radius 3 is 3.00 bits per heavy atom. The molecular formula is C13H18BrN3O2. The van der Waals surface area contributed by atoms with E-state index in [0.717, 1.165) is 18.7 Å². The first-order valence-corrected chi connectivity index (χ1v) is 7.63. The molecule has 0 amide bonds. The van der Waals surface area contributed by atoms with Gasteiger partial charge in [-0.25, -0.2) is 4.68 Å². The molecule has 1 saturated carbocycles. The van der Waals surface area contributed by atoms with E-state index in [1.165, 1.54) is 17.5 Å². The zero-order valence-corrected chi connectivity index (χ0v) is 12.5. The van der Waals surface area contributed by atoms with Gasteiger partial charge in [0.05, 0.1) is 24.0 Å². The van der Waals surface area contributed by atoms with Crippen molar-refractivity contribution in [1.82, 2.24) is 9.78 Å². The summed E-state index contributed by atoms with van der Waals surface area (Å²) >= 11 is 3.38. The van der Waals surface area contributed by atoms with Crippen molar-refractivity contribution in [3.63, 3.8) is 0 Å². The second-order valence-corrected chi connectivity index (χ2v) is 6.00. The molecule has 2 aliphatic rings. The maximum absolute atomic E-state index is 12.0. The maximum atomic E-state index is 12.0. The fourth-order valence-electron chi connectivity index (χ4n) is 2.65. The first-order valence-electron chi connectivity index (χ1n) is 6.84. The van der Waals surface area contributed by atoms with Gasteiger partial charge in [0.2, 0.25) is 0 Å². The van der Waals surface area contributed by atoms with Crippen LogP contribution in [0.1, 0.15) is 26.2 Å². The van der Waals surface area contributed by atoms with Crippen molar-refractivity contribution in [2.24, 2.45) is 5.92 Å². The lowest BCUT2D eigenvalue weighted by Gasteiger charge is -2.21. The van der Waals surface area contributed by atoms with Gasteiger partial charge in [0.15, 0.2) is 0 Å². The molecule has 1 aliphatic heterocycles. The van der Waals surface area contributed by atoms with E-state index >= 15 is 0 Å². The van der Waals surface area contributed by atoms with Gasteiger partial charge < -0.3 is 10.1 Å². The van der Waals surface area contributed by atoms with Crippen molar-refractivity contribution in [3.05, 3.63) is 21.0 Å². The van der Waals surface area contributed by atoms with Crippen molar-refractivity contribution in [2.75, 3.05) is 11.9 Å². The number of rotatable bonds is 4. The summed E-state index contributed by atoms with van der Waals surface area (Å²) in [5, 5.41) is 7.58. The molecule has 0 spiro atoms. The normalized spacial score (nSPS) is 26.6. The Balaban J connectivity index is 1.79. The number of hydrogen-bond donors (Lipinski definition) is 1. The van der Waals surface area contributed by atoms with Crippen LogP contribution in [0, 0.1) is 5.92 Å². The van der Waals surface area contributed by atoms with Crippen molar-refractivity contribution in [2.45, 2.75) is 44.9 Å². The van der Waals surface area contributed by atoms with E-state index in [-0.39, 0.29) is 5.56 Å². The van der Waals surface area contributed by atoms with Crippen LogP contribution in [0.15, 0.2) is 15.5 Å². The molecule has 2 fully saturated rings. The molecule has 5 nitrogen and oxygen atoms in total. The highest BCUT2D eigenvalue weighted by molar-refractivity contribution is 9.10. The van der Waals surface area contributed by atoms with Gasteiger partial charge in [-0.05, 0) is 48.0 Å². The average molecular weight is 328 g/mol. The van der Waals surface area contributed by atoms with Gasteiger partial charge in [-0.2, -0.15) is 5.10 Å². The average Bonchev–Trinajstić information content (AvgIpc) is 3.16. The van der Waals surface area contributed by atoms with Gasteiger partial charge in [-0.15, -0.1) is 0 Å². The standard InChI is InChI=1S/C13H18BrN3O2/c1-2-17-13(18)11(14)10(7-15-17)16-9-5-6-19-12(9)8-3-4-8/h7-9,12,16H,2-6H2,1H3. The summed E-state index contributed by atoms with van der Waals surface area (Å²) in [6.45, 7) is 3.28. The molecule has 104 valence electrons. The smallest absolute Gasteiger partial charge is 0.283 e. The molecule has 2 unspecified atom stereocenters. The third-order valence-corrected chi connectivity index (χ3v) is 4.61. The fraction of sp³-hybridized carbons (Fsp3) is 0.692. The second kappa shape index (κ2) is 5.25. The van der Waals surface area contributed by atoms with E-state index in [9.17, 15) is 4.79 Å². The highest BCUT2D eigenvalue weighted by atomic mass is 79.9. The largest absolute Gasteiger partial charge is 0.377 e. The molecule has 6 heteroatoms. The quantitative estimate of drug-likeness (QED) is 0.919. The minimum atomic E-state index is -0.0885. The first kappa shape index (κ1) is 13.1. The van der Waals surface area contributed by atoms with Crippen LogP contribution in [-0.4, -0.2) is 28.5 Å². The van der Waals surface area contributed by atoms with Crippen LogP contribution >= 0.6 is 15.9 Å². The number of halogens is 1. The van der Waals surface area contributed by atoms with E-state index in [2.05, 4.69) is 26.3 Å². The molecule has 0 bridgehead atoms. The summed E-state index contributed by atoms with van der Waals surface area (Å²) in [5.41, 5.74) is 0.685. The van der Waals surface area contributed by atoms with Crippen LogP contribution < -0.4 is 10.9 Å². The molecule has 1 aromatic rings. The van der Waals surface area contributed by atoms with Gasteiger partial charge >= 0.3 is 0 Å².